The van der Waals surface area contributed by atoms with E-state index >= 15 is 0 Å². The summed E-state index contributed by atoms with van der Waals surface area (Å²) < 4.78 is 23.5. The fourth-order valence-electron chi connectivity index (χ4n) is 1.56. The van der Waals surface area contributed by atoms with Gasteiger partial charge in [0.1, 0.15) is 18.2 Å². The van der Waals surface area contributed by atoms with Crippen molar-refractivity contribution in [2.45, 2.75) is 6.61 Å². The molecule has 0 spiro atoms. The Bertz CT molecular complexity index is 550. The summed E-state index contributed by atoms with van der Waals surface area (Å²) in [7, 11) is 0. The molecule has 2 rings (SSSR count). The van der Waals surface area contributed by atoms with Crippen LogP contribution in [0.3, 0.4) is 0 Å². The third kappa shape index (κ3) is 3.71. The molecule has 0 aliphatic carbocycles. The Hall–Kier alpha value is -2.56. The average molecular weight is 275 g/mol. The van der Waals surface area contributed by atoms with Crippen molar-refractivity contribution in [1.82, 2.24) is 0 Å². The predicted octanol–water partition coefficient (Wildman–Crippen LogP) is 2.53. The van der Waals surface area contributed by atoms with E-state index in [2.05, 4.69) is 0 Å². The van der Waals surface area contributed by atoms with Crippen molar-refractivity contribution in [3.8, 4) is 5.75 Å². The zero-order chi connectivity index (χ0) is 14.4. The van der Waals surface area contributed by atoms with Crippen LogP contribution in [-0.2, 0) is 16.1 Å². The van der Waals surface area contributed by atoms with Gasteiger partial charge in [0.15, 0.2) is 6.61 Å². The number of carbonyl (C=O) groups excluding carboxylic acids is 1. The molecule has 0 aliphatic heterocycles. The van der Waals surface area contributed by atoms with E-state index in [1.807, 2.05) is 0 Å². The molecule has 0 atom stereocenters. The van der Waals surface area contributed by atoms with Gasteiger partial charge in [-0.25, -0.2) is 9.18 Å². The van der Waals surface area contributed by atoms with E-state index in [1.165, 1.54) is 6.07 Å². The quantitative estimate of drug-likeness (QED) is 0.673. The number of nitrogens with two attached hydrogens (primary N) is 1. The highest BCUT2D eigenvalue weighted by Crippen LogP contribution is 2.19. The molecular weight excluding hydrogens is 261 g/mol. The summed E-state index contributed by atoms with van der Waals surface area (Å²) in [5.41, 5.74) is 6.42. The summed E-state index contributed by atoms with van der Waals surface area (Å²) in [6, 6.07) is 12.9. The second kappa shape index (κ2) is 6.56. The van der Waals surface area contributed by atoms with Gasteiger partial charge in [-0.1, -0.05) is 30.3 Å². The third-order valence-electron chi connectivity index (χ3n) is 2.61. The lowest BCUT2D eigenvalue weighted by Gasteiger charge is -2.09. The monoisotopic (exact) mass is 275 g/mol. The maximum absolute atomic E-state index is 13.3. The van der Waals surface area contributed by atoms with Gasteiger partial charge in [-0.05, 0) is 18.2 Å². The molecule has 5 heteroatoms. The van der Waals surface area contributed by atoms with Crippen LogP contribution in [0.25, 0.3) is 0 Å². The van der Waals surface area contributed by atoms with Crippen LogP contribution < -0.4 is 10.5 Å². The molecular formula is C15H14FNO3. The van der Waals surface area contributed by atoms with Gasteiger partial charge in [-0.3, -0.25) is 0 Å². The first kappa shape index (κ1) is 13.9. The van der Waals surface area contributed by atoms with Crippen molar-refractivity contribution in [3.63, 3.8) is 0 Å². The Morgan fingerprint density at radius 1 is 1.10 bits per heavy atom. The molecule has 0 bridgehead atoms. The number of nitrogen functional groups attached to an aromatic ring is 1. The Balaban J connectivity index is 1.82. The maximum Gasteiger partial charge on any atom is 0.344 e. The van der Waals surface area contributed by atoms with E-state index in [-0.39, 0.29) is 13.2 Å². The number of ether oxygens (including phenoxy) is 2. The second-order valence-electron chi connectivity index (χ2n) is 4.08. The van der Waals surface area contributed by atoms with E-state index in [0.29, 0.717) is 17.0 Å². The Kier molecular flexibility index (Phi) is 4.55. The van der Waals surface area contributed by atoms with E-state index in [9.17, 15) is 9.18 Å². The van der Waals surface area contributed by atoms with Gasteiger partial charge in [0.05, 0.1) is 5.69 Å². The molecule has 104 valence electrons. The normalized spacial score (nSPS) is 10.1. The van der Waals surface area contributed by atoms with Crippen LogP contribution in [0.1, 0.15) is 5.56 Å². The number of para-hydroxylation sites is 2. The number of benzene rings is 2. The third-order valence-corrected chi connectivity index (χ3v) is 2.61. The highest BCUT2D eigenvalue weighted by Gasteiger charge is 2.08. The van der Waals surface area contributed by atoms with Crippen LogP contribution >= 0.6 is 0 Å². The van der Waals surface area contributed by atoms with Crippen LogP contribution in [0.4, 0.5) is 10.1 Å². The van der Waals surface area contributed by atoms with Gasteiger partial charge in [-0.2, -0.15) is 0 Å². The number of halogens is 1. The Labute approximate surface area is 115 Å². The van der Waals surface area contributed by atoms with Crippen LogP contribution in [0.15, 0.2) is 48.5 Å². The van der Waals surface area contributed by atoms with Gasteiger partial charge < -0.3 is 15.2 Å². The zero-order valence-electron chi connectivity index (χ0n) is 10.7. The highest BCUT2D eigenvalue weighted by atomic mass is 19.1. The topological polar surface area (TPSA) is 61.5 Å². The Morgan fingerprint density at radius 3 is 2.55 bits per heavy atom. The summed E-state index contributed by atoms with van der Waals surface area (Å²) in [5.74, 6) is -0.583. The lowest BCUT2D eigenvalue weighted by Crippen LogP contribution is -2.15. The highest BCUT2D eigenvalue weighted by molar-refractivity contribution is 5.71. The Morgan fingerprint density at radius 2 is 1.80 bits per heavy atom. The lowest BCUT2D eigenvalue weighted by atomic mass is 10.2. The minimum atomic E-state index is -0.587. The average Bonchev–Trinajstić information content (AvgIpc) is 2.45. The summed E-state index contributed by atoms with van der Waals surface area (Å²) in [6.07, 6.45) is 0. The lowest BCUT2D eigenvalue weighted by molar-refractivity contribution is -0.147. The minimum Gasteiger partial charge on any atom is -0.480 e. The van der Waals surface area contributed by atoms with Crippen molar-refractivity contribution in [3.05, 3.63) is 59.9 Å². The predicted molar refractivity (Wildman–Crippen MR) is 72.5 cm³/mol. The fraction of sp³-hybridized carbons (Fsp3) is 0.133. The van der Waals surface area contributed by atoms with Crippen molar-refractivity contribution in [1.29, 1.82) is 0 Å². The number of esters is 1. The maximum atomic E-state index is 13.3. The number of hydrogen-bond acceptors (Lipinski definition) is 4. The first-order chi connectivity index (χ1) is 9.66. The zero-order valence-corrected chi connectivity index (χ0v) is 10.7. The molecule has 2 N–H and O–H groups in total. The number of anilines is 1. The van der Waals surface area contributed by atoms with Gasteiger partial charge in [0, 0.05) is 5.56 Å². The molecule has 0 heterocycles. The molecule has 0 fully saturated rings. The van der Waals surface area contributed by atoms with Crippen molar-refractivity contribution in [2.24, 2.45) is 0 Å². The summed E-state index contributed by atoms with van der Waals surface area (Å²) in [5, 5.41) is 0. The first-order valence-corrected chi connectivity index (χ1v) is 6.03. The smallest absolute Gasteiger partial charge is 0.344 e. The van der Waals surface area contributed by atoms with Crippen molar-refractivity contribution in [2.75, 3.05) is 12.3 Å². The summed E-state index contributed by atoms with van der Waals surface area (Å²) in [6.45, 7) is -0.401. The second-order valence-corrected chi connectivity index (χ2v) is 4.08. The van der Waals surface area contributed by atoms with Gasteiger partial charge in [0.25, 0.3) is 0 Å². The number of carbonyl (C=O) groups is 1. The molecule has 2 aromatic carbocycles. The largest absolute Gasteiger partial charge is 0.480 e. The van der Waals surface area contributed by atoms with Gasteiger partial charge in [0.2, 0.25) is 0 Å². The first-order valence-electron chi connectivity index (χ1n) is 6.03. The standard InChI is InChI=1S/C15H14FNO3/c16-12-6-2-1-5-11(12)9-20-15(18)10-19-14-8-4-3-7-13(14)17/h1-8H,9-10,17H2. The van der Waals surface area contributed by atoms with E-state index in [0.717, 1.165) is 0 Å². The van der Waals surface area contributed by atoms with Gasteiger partial charge in [-0.15, -0.1) is 0 Å². The molecule has 0 aromatic heterocycles. The molecule has 2 aromatic rings. The minimum absolute atomic E-state index is 0.126. The summed E-state index contributed by atoms with van der Waals surface area (Å²) >= 11 is 0. The number of hydrogen-bond donors (Lipinski definition) is 1. The van der Waals surface area contributed by atoms with E-state index in [1.54, 1.807) is 42.5 Å². The molecule has 0 saturated heterocycles. The molecule has 0 unspecified atom stereocenters. The van der Waals surface area contributed by atoms with Crippen LogP contribution in [0.5, 0.6) is 5.75 Å². The SMILES string of the molecule is Nc1ccccc1OCC(=O)OCc1ccccc1F. The van der Waals surface area contributed by atoms with E-state index in [4.69, 9.17) is 15.2 Å². The fourth-order valence-corrected chi connectivity index (χ4v) is 1.56. The van der Waals surface area contributed by atoms with Crippen LogP contribution in [0, 0.1) is 5.82 Å². The molecule has 0 saturated carbocycles. The molecule has 20 heavy (non-hydrogen) atoms. The van der Waals surface area contributed by atoms with E-state index < -0.39 is 11.8 Å². The van der Waals surface area contributed by atoms with Crippen molar-refractivity contribution >= 4 is 11.7 Å². The molecule has 4 nitrogen and oxygen atoms in total. The number of rotatable bonds is 5. The van der Waals surface area contributed by atoms with Crippen LogP contribution in [0.2, 0.25) is 0 Å². The van der Waals surface area contributed by atoms with Crippen molar-refractivity contribution < 1.29 is 18.7 Å². The molecule has 0 amide bonds. The molecule has 0 aliphatic rings. The molecule has 0 radical (unpaired) electrons. The van der Waals surface area contributed by atoms with Gasteiger partial charge >= 0.3 is 5.97 Å². The van der Waals surface area contributed by atoms with Crippen LogP contribution in [-0.4, -0.2) is 12.6 Å². The summed E-state index contributed by atoms with van der Waals surface area (Å²) in [4.78, 5) is 11.5.